The van der Waals surface area contributed by atoms with Crippen LogP contribution in [0.15, 0.2) is 42.5 Å². The summed E-state index contributed by atoms with van der Waals surface area (Å²) < 4.78 is 0. The molecule has 0 aliphatic heterocycles. The Hall–Kier alpha value is -2.99. The summed E-state index contributed by atoms with van der Waals surface area (Å²) in [6.07, 6.45) is 1.67. The first-order valence-electron chi connectivity index (χ1n) is 10.0. The van der Waals surface area contributed by atoms with Crippen molar-refractivity contribution < 1.29 is 4.79 Å². The second kappa shape index (κ2) is 6.81. The van der Waals surface area contributed by atoms with Crippen molar-refractivity contribution in [2.75, 3.05) is 23.1 Å². The number of fused-ring (bicyclic) bond motifs is 1. The number of benzene rings is 2. The topological polar surface area (TPSA) is 95.0 Å². The molecule has 1 aliphatic carbocycles. The number of amides is 1. The van der Waals surface area contributed by atoms with Gasteiger partial charge in [-0.1, -0.05) is 26.8 Å². The first-order valence-corrected chi connectivity index (χ1v) is 10.0. The van der Waals surface area contributed by atoms with Crippen molar-refractivity contribution in [3.8, 4) is 0 Å². The number of hydrogen-bond donors (Lipinski definition) is 5. The van der Waals surface area contributed by atoms with E-state index in [1.165, 1.54) is 5.69 Å². The predicted octanol–water partition coefficient (Wildman–Crippen LogP) is 4.46. The van der Waals surface area contributed by atoms with Gasteiger partial charge in [-0.05, 0) is 54.8 Å². The average Bonchev–Trinajstić information content (AvgIpc) is 3.39. The molecule has 0 radical (unpaired) electrons. The maximum Gasteiger partial charge on any atom is 0.235 e. The van der Waals surface area contributed by atoms with Crippen molar-refractivity contribution in [1.29, 1.82) is 0 Å². The van der Waals surface area contributed by atoms with Crippen LogP contribution in [0.25, 0.3) is 10.9 Å². The molecular weight excluding hydrogens is 362 g/mol. The van der Waals surface area contributed by atoms with E-state index in [1.807, 2.05) is 43.4 Å². The van der Waals surface area contributed by atoms with E-state index in [-0.39, 0.29) is 11.3 Å². The van der Waals surface area contributed by atoms with Gasteiger partial charge in [-0.15, -0.1) is 0 Å². The Balaban J connectivity index is 1.59. The van der Waals surface area contributed by atoms with Gasteiger partial charge in [-0.2, -0.15) is 0 Å². The normalized spacial score (nSPS) is 15.2. The molecule has 0 bridgehead atoms. The molecule has 152 valence electrons. The van der Waals surface area contributed by atoms with Crippen LogP contribution < -0.4 is 21.9 Å². The Morgan fingerprint density at radius 3 is 2.45 bits per heavy atom. The fourth-order valence-corrected chi connectivity index (χ4v) is 3.82. The van der Waals surface area contributed by atoms with Crippen molar-refractivity contribution in [2.45, 2.75) is 44.4 Å². The number of H-pyrrole nitrogens is 1. The molecule has 2 aromatic carbocycles. The molecule has 0 atom stereocenters. The summed E-state index contributed by atoms with van der Waals surface area (Å²) >= 11 is 0. The summed E-state index contributed by atoms with van der Waals surface area (Å²) in [5.74, 6) is 5.68. The van der Waals surface area contributed by atoms with Gasteiger partial charge in [0.25, 0.3) is 0 Å². The molecular formula is C23H29N5O. The molecule has 6 N–H and O–H groups in total. The number of rotatable bonds is 5. The molecule has 4 rings (SSSR count). The molecule has 6 heteroatoms. The fourth-order valence-electron chi connectivity index (χ4n) is 3.82. The summed E-state index contributed by atoms with van der Waals surface area (Å²) in [6, 6.07) is 14.1. The molecule has 0 spiro atoms. The lowest BCUT2D eigenvalue weighted by Gasteiger charge is -2.18. The van der Waals surface area contributed by atoms with E-state index in [4.69, 9.17) is 5.84 Å². The van der Waals surface area contributed by atoms with Crippen LogP contribution in [0.1, 0.15) is 44.9 Å². The molecule has 3 aromatic rings. The van der Waals surface area contributed by atoms with E-state index in [9.17, 15) is 4.79 Å². The first-order chi connectivity index (χ1) is 13.8. The van der Waals surface area contributed by atoms with E-state index in [0.717, 1.165) is 46.4 Å². The van der Waals surface area contributed by atoms with E-state index in [0.29, 0.717) is 0 Å². The lowest BCUT2D eigenvalue weighted by atomic mass is 9.92. The summed E-state index contributed by atoms with van der Waals surface area (Å²) in [5.41, 5.74) is 8.03. The number of carbonyl (C=O) groups excluding carboxylic acids is 1. The minimum absolute atomic E-state index is 0.0311. The second-order valence-electron chi connectivity index (χ2n) is 8.93. The number of aromatic nitrogens is 1. The highest BCUT2D eigenvalue weighted by molar-refractivity contribution is 6.02. The molecule has 1 heterocycles. The molecule has 29 heavy (non-hydrogen) atoms. The van der Waals surface area contributed by atoms with Crippen molar-refractivity contribution in [3.63, 3.8) is 0 Å². The molecule has 6 nitrogen and oxygen atoms in total. The molecule has 0 unspecified atom stereocenters. The van der Waals surface area contributed by atoms with Crippen molar-refractivity contribution >= 4 is 33.9 Å². The summed E-state index contributed by atoms with van der Waals surface area (Å²) in [6.45, 7) is 6.54. The van der Waals surface area contributed by atoms with Crippen LogP contribution in [0.4, 0.5) is 17.1 Å². The van der Waals surface area contributed by atoms with E-state index >= 15 is 0 Å². The van der Waals surface area contributed by atoms with Crippen LogP contribution in [-0.2, 0) is 15.6 Å². The van der Waals surface area contributed by atoms with Gasteiger partial charge in [0.15, 0.2) is 0 Å². The van der Waals surface area contributed by atoms with Crippen molar-refractivity contribution in [3.05, 3.63) is 53.7 Å². The summed E-state index contributed by atoms with van der Waals surface area (Å²) in [4.78, 5) is 16.6. The van der Waals surface area contributed by atoms with Crippen LogP contribution in [0.3, 0.4) is 0 Å². The number of nitrogen functional groups attached to an aromatic ring is 1. The number of hydrazine groups is 1. The van der Waals surface area contributed by atoms with Crippen LogP contribution >= 0.6 is 0 Å². The number of aromatic amines is 1. The Labute approximate surface area is 171 Å². The molecule has 1 saturated carbocycles. The van der Waals surface area contributed by atoms with E-state index in [2.05, 4.69) is 47.9 Å². The third-order valence-corrected chi connectivity index (χ3v) is 5.87. The van der Waals surface area contributed by atoms with Gasteiger partial charge < -0.3 is 21.0 Å². The van der Waals surface area contributed by atoms with Crippen molar-refractivity contribution in [2.24, 2.45) is 5.84 Å². The van der Waals surface area contributed by atoms with Crippen LogP contribution in [0, 0.1) is 0 Å². The van der Waals surface area contributed by atoms with Gasteiger partial charge in [-0.3, -0.25) is 10.6 Å². The quantitative estimate of drug-likeness (QED) is 0.328. The lowest BCUT2D eigenvalue weighted by Crippen LogP contribution is -2.28. The Morgan fingerprint density at radius 1 is 1.07 bits per heavy atom. The van der Waals surface area contributed by atoms with E-state index in [1.54, 1.807) is 0 Å². The number of nitrogens with one attached hydrogen (secondary N) is 4. The van der Waals surface area contributed by atoms with Crippen molar-refractivity contribution in [1.82, 2.24) is 4.98 Å². The van der Waals surface area contributed by atoms with E-state index < -0.39 is 5.41 Å². The number of hydrogen-bond acceptors (Lipinski definition) is 4. The minimum atomic E-state index is -0.485. The molecule has 1 aliphatic rings. The Kier molecular flexibility index (Phi) is 4.54. The highest BCUT2D eigenvalue weighted by Crippen LogP contribution is 2.50. The maximum atomic E-state index is 13.2. The zero-order valence-corrected chi connectivity index (χ0v) is 17.4. The fraction of sp³-hybridized carbons (Fsp3) is 0.348. The number of anilines is 3. The molecule has 0 saturated heterocycles. The standard InChI is InChI=1S/C23H29N5O/c1-22(2,3)20-12-14-11-16(6-8-17(14)27-20)26-21(29)23(9-10-23)15-5-7-18(25-4)19(13-15)28-24/h5-8,11-13,25,27-28H,9-10,24H2,1-4H3,(H,26,29). The zero-order chi connectivity index (χ0) is 20.8. The zero-order valence-electron chi connectivity index (χ0n) is 17.4. The minimum Gasteiger partial charge on any atom is -0.386 e. The van der Waals surface area contributed by atoms with Gasteiger partial charge in [0, 0.05) is 34.7 Å². The molecule has 1 amide bonds. The highest BCUT2D eigenvalue weighted by atomic mass is 16.2. The largest absolute Gasteiger partial charge is 0.386 e. The molecule has 1 aromatic heterocycles. The van der Waals surface area contributed by atoms with Crippen LogP contribution in [0.5, 0.6) is 0 Å². The number of carbonyl (C=O) groups is 1. The van der Waals surface area contributed by atoms with Gasteiger partial charge in [0.1, 0.15) is 0 Å². The Bertz CT molecular complexity index is 1070. The van der Waals surface area contributed by atoms with Gasteiger partial charge in [0.2, 0.25) is 5.91 Å². The van der Waals surface area contributed by atoms with Crippen LogP contribution in [0.2, 0.25) is 0 Å². The smallest absolute Gasteiger partial charge is 0.235 e. The van der Waals surface area contributed by atoms with Gasteiger partial charge >= 0.3 is 0 Å². The average molecular weight is 392 g/mol. The number of nitrogens with two attached hydrogens (primary N) is 1. The third kappa shape index (κ3) is 3.44. The van der Waals surface area contributed by atoms with Crippen LogP contribution in [-0.4, -0.2) is 17.9 Å². The van der Waals surface area contributed by atoms with Gasteiger partial charge in [-0.25, -0.2) is 0 Å². The van der Waals surface area contributed by atoms with Gasteiger partial charge in [0.05, 0.1) is 16.8 Å². The predicted molar refractivity (Wildman–Crippen MR) is 120 cm³/mol. The lowest BCUT2D eigenvalue weighted by molar-refractivity contribution is -0.118. The third-order valence-electron chi connectivity index (χ3n) is 5.87. The maximum absolute atomic E-state index is 13.2. The highest BCUT2D eigenvalue weighted by Gasteiger charge is 2.51. The SMILES string of the molecule is CNc1ccc(C2(C(=O)Nc3ccc4[nH]c(C(C)(C)C)cc4c3)CC2)cc1NN. The second-order valence-corrected chi connectivity index (χ2v) is 8.93. The first kappa shape index (κ1) is 19.3. The molecule has 1 fully saturated rings. The summed E-state index contributed by atoms with van der Waals surface area (Å²) in [7, 11) is 1.84. The Morgan fingerprint density at radius 2 is 1.83 bits per heavy atom. The summed E-state index contributed by atoms with van der Waals surface area (Å²) in [5, 5.41) is 7.33. The monoisotopic (exact) mass is 391 g/mol.